The van der Waals surface area contributed by atoms with Gasteiger partial charge in [0.25, 0.3) is 0 Å². The Hall–Kier alpha value is -3.25. The number of hydrazone groups is 1. The summed E-state index contributed by atoms with van der Waals surface area (Å²) in [7, 11) is 0. The normalized spacial score (nSPS) is 11.2. The lowest BCUT2D eigenvalue weighted by molar-refractivity contribution is 0.847. The van der Waals surface area contributed by atoms with E-state index in [9.17, 15) is 0 Å². The van der Waals surface area contributed by atoms with Gasteiger partial charge in [-0.3, -0.25) is 5.43 Å². The number of aryl methyl sites for hydroxylation is 1. The van der Waals surface area contributed by atoms with Crippen LogP contribution in [-0.2, 0) is 0 Å². The van der Waals surface area contributed by atoms with E-state index in [0.717, 1.165) is 33.3 Å². The Kier molecular flexibility index (Phi) is 4.80. The molecule has 0 spiro atoms. The summed E-state index contributed by atoms with van der Waals surface area (Å²) in [5.74, 6) is 0. The van der Waals surface area contributed by atoms with Crippen molar-refractivity contribution in [1.82, 2.24) is 14.8 Å². The van der Waals surface area contributed by atoms with Crippen molar-refractivity contribution in [2.75, 3.05) is 5.43 Å². The van der Waals surface area contributed by atoms with Gasteiger partial charge in [-0.2, -0.15) is 10.2 Å². The lowest BCUT2D eigenvalue weighted by Gasteiger charge is -2.04. The van der Waals surface area contributed by atoms with E-state index in [1.807, 2.05) is 58.7 Å². The van der Waals surface area contributed by atoms with Gasteiger partial charge in [0, 0.05) is 10.9 Å². The van der Waals surface area contributed by atoms with Crippen LogP contribution in [0.4, 0.5) is 5.13 Å². The molecule has 5 nitrogen and oxygen atoms in total. The van der Waals surface area contributed by atoms with E-state index in [0.29, 0.717) is 0 Å². The quantitative estimate of drug-likeness (QED) is 0.393. The van der Waals surface area contributed by atoms with Gasteiger partial charge in [0.05, 0.1) is 29.5 Å². The molecule has 2 aromatic heterocycles. The number of nitrogens with zero attached hydrogens (tertiary/aromatic N) is 4. The van der Waals surface area contributed by atoms with Crippen molar-refractivity contribution in [3.05, 3.63) is 83.0 Å². The van der Waals surface area contributed by atoms with Crippen LogP contribution in [0.2, 0.25) is 0 Å². The first-order chi connectivity index (χ1) is 13.2. The maximum atomic E-state index is 4.63. The number of thiazole rings is 1. The topological polar surface area (TPSA) is 55.1 Å². The minimum absolute atomic E-state index is 0.750. The number of benzene rings is 2. The highest BCUT2D eigenvalue weighted by Gasteiger charge is 2.12. The smallest absolute Gasteiger partial charge is 0.203 e. The summed E-state index contributed by atoms with van der Waals surface area (Å²) in [6.45, 7) is 4.12. The van der Waals surface area contributed by atoms with Crippen LogP contribution in [-0.4, -0.2) is 21.0 Å². The molecule has 134 valence electrons. The third-order valence-electron chi connectivity index (χ3n) is 4.24. The van der Waals surface area contributed by atoms with Crippen LogP contribution in [0.15, 0.2) is 71.3 Å². The highest BCUT2D eigenvalue weighted by molar-refractivity contribution is 7.14. The summed E-state index contributed by atoms with van der Waals surface area (Å²) in [6.07, 6.45) is 3.65. The summed E-state index contributed by atoms with van der Waals surface area (Å²) in [6, 6.07) is 18.3. The Morgan fingerprint density at radius 3 is 2.59 bits per heavy atom. The molecular weight excluding hydrogens is 354 g/mol. The molecule has 0 bridgehead atoms. The van der Waals surface area contributed by atoms with Crippen LogP contribution in [0.5, 0.6) is 0 Å². The number of aromatic nitrogens is 3. The molecular formula is C21H19N5S. The van der Waals surface area contributed by atoms with E-state index in [-0.39, 0.29) is 0 Å². The number of para-hydroxylation sites is 1. The lowest BCUT2D eigenvalue weighted by Crippen LogP contribution is -1.98. The lowest BCUT2D eigenvalue weighted by atomic mass is 10.2. The first-order valence-corrected chi connectivity index (χ1v) is 9.50. The minimum atomic E-state index is 0.750. The van der Waals surface area contributed by atoms with E-state index in [2.05, 4.69) is 46.6 Å². The van der Waals surface area contributed by atoms with Crippen LogP contribution >= 0.6 is 11.3 Å². The number of rotatable bonds is 5. The van der Waals surface area contributed by atoms with Gasteiger partial charge in [-0.1, -0.05) is 48.0 Å². The van der Waals surface area contributed by atoms with Gasteiger partial charge in [0.2, 0.25) is 5.13 Å². The van der Waals surface area contributed by atoms with Crippen molar-refractivity contribution in [2.45, 2.75) is 13.8 Å². The fraction of sp³-hybridized carbons (Fsp3) is 0.0952. The summed E-state index contributed by atoms with van der Waals surface area (Å²) in [5.41, 5.74) is 9.30. The number of hydrogen-bond donors (Lipinski definition) is 1. The summed E-state index contributed by atoms with van der Waals surface area (Å²) in [4.78, 5) is 4.63. The second kappa shape index (κ2) is 7.55. The molecule has 0 radical (unpaired) electrons. The number of anilines is 1. The van der Waals surface area contributed by atoms with Crippen molar-refractivity contribution in [1.29, 1.82) is 0 Å². The Morgan fingerprint density at radius 1 is 1.04 bits per heavy atom. The van der Waals surface area contributed by atoms with E-state index < -0.39 is 0 Å². The zero-order valence-electron chi connectivity index (χ0n) is 15.1. The average Bonchev–Trinajstić information content (AvgIpc) is 3.30. The molecule has 4 aromatic rings. The zero-order chi connectivity index (χ0) is 18.6. The molecule has 2 aromatic carbocycles. The largest absolute Gasteiger partial charge is 0.253 e. The molecule has 2 heterocycles. The molecule has 0 saturated heterocycles. The first kappa shape index (κ1) is 17.2. The van der Waals surface area contributed by atoms with Crippen LogP contribution < -0.4 is 5.43 Å². The van der Waals surface area contributed by atoms with Gasteiger partial charge in [0.15, 0.2) is 0 Å². The van der Waals surface area contributed by atoms with Gasteiger partial charge in [0.1, 0.15) is 0 Å². The fourth-order valence-electron chi connectivity index (χ4n) is 2.75. The molecule has 0 aliphatic rings. The standard InChI is InChI=1S/C21H19N5S/c1-15-8-10-17(11-9-15)12-22-25-21-24-20(14-27-21)19-13-23-26(16(19)2)18-6-4-3-5-7-18/h3-14H,1-2H3,(H,24,25)/b22-12+. The summed E-state index contributed by atoms with van der Waals surface area (Å²) >= 11 is 1.52. The molecule has 0 saturated carbocycles. The second-order valence-electron chi connectivity index (χ2n) is 6.21. The van der Waals surface area contributed by atoms with Crippen molar-refractivity contribution >= 4 is 22.7 Å². The maximum absolute atomic E-state index is 4.63. The molecule has 0 aliphatic carbocycles. The summed E-state index contributed by atoms with van der Waals surface area (Å²) < 4.78 is 1.93. The first-order valence-electron chi connectivity index (χ1n) is 8.62. The Balaban J connectivity index is 1.50. The molecule has 0 unspecified atom stereocenters. The minimum Gasteiger partial charge on any atom is -0.253 e. The SMILES string of the molecule is Cc1ccc(/C=N/Nc2nc(-c3cnn(-c4ccccc4)c3C)cs2)cc1. The Morgan fingerprint density at radius 2 is 1.81 bits per heavy atom. The van der Waals surface area contributed by atoms with Gasteiger partial charge in [-0.05, 0) is 31.5 Å². The van der Waals surface area contributed by atoms with Gasteiger partial charge in [-0.25, -0.2) is 9.67 Å². The molecule has 6 heteroatoms. The third-order valence-corrected chi connectivity index (χ3v) is 4.99. The second-order valence-corrected chi connectivity index (χ2v) is 7.07. The molecule has 4 rings (SSSR count). The van der Waals surface area contributed by atoms with Gasteiger partial charge in [-0.15, -0.1) is 11.3 Å². The van der Waals surface area contributed by atoms with Gasteiger partial charge < -0.3 is 0 Å². The van der Waals surface area contributed by atoms with E-state index in [1.54, 1.807) is 6.21 Å². The molecule has 0 fully saturated rings. The van der Waals surface area contributed by atoms with Crippen LogP contribution in [0, 0.1) is 13.8 Å². The van der Waals surface area contributed by atoms with Crippen LogP contribution in [0.1, 0.15) is 16.8 Å². The number of nitrogens with one attached hydrogen (secondary N) is 1. The maximum Gasteiger partial charge on any atom is 0.203 e. The fourth-order valence-corrected chi connectivity index (χ4v) is 3.41. The van der Waals surface area contributed by atoms with E-state index in [4.69, 9.17) is 0 Å². The molecule has 0 atom stereocenters. The highest BCUT2D eigenvalue weighted by atomic mass is 32.1. The predicted octanol–water partition coefficient (Wildman–Crippen LogP) is 5.06. The van der Waals surface area contributed by atoms with Crippen LogP contribution in [0.25, 0.3) is 16.9 Å². The van der Waals surface area contributed by atoms with E-state index in [1.165, 1.54) is 16.9 Å². The zero-order valence-corrected chi connectivity index (χ0v) is 15.9. The van der Waals surface area contributed by atoms with E-state index >= 15 is 0 Å². The molecule has 0 aliphatic heterocycles. The summed E-state index contributed by atoms with van der Waals surface area (Å²) in [5, 5.41) is 11.6. The highest BCUT2D eigenvalue weighted by Crippen LogP contribution is 2.28. The third kappa shape index (κ3) is 3.80. The van der Waals surface area contributed by atoms with Crippen LogP contribution in [0.3, 0.4) is 0 Å². The van der Waals surface area contributed by atoms with Crippen molar-refractivity contribution < 1.29 is 0 Å². The number of hydrogen-bond acceptors (Lipinski definition) is 5. The predicted molar refractivity (Wildman–Crippen MR) is 112 cm³/mol. The van der Waals surface area contributed by atoms with Crippen molar-refractivity contribution in [3.63, 3.8) is 0 Å². The van der Waals surface area contributed by atoms with Crippen molar-refractivity contribution in [3.8, 4) is 16.9 Å². The van der Waals surface area contributed by atoms with Gasteiger partial charge >= 0.3 is 0 Å². The molecule has 0 amide bonds. The van der Waals surface area contributed by atoms with Crippen molar-refractivity contribution in [2.24, 2.45) is 5.10 Å². The average molecular weight is 373 g/mol. The molecule has 1 N–H and O–H groups in total. The monoisotopic (exact) mass is 373 g/mol. The molecule has 27 heavy (non-hydrogen) atoms. The Labute approximate surface area is 162 Å². The Bertz CT molecular complexity index is 1060.